The molecule has 4 rings (SSSR count). The van der Waals surface area contributed by atoms with Crippen molar-refractivity contribution < 1.29 is 13.1 Å². The van der Waals surface area contributed by atoms with Crippen LogP contribution in [0.3, 0.4) is 0 Å². The van der Waals surface area contributed by atoms with E-state index >= 15 is 0 Å². The molecule has 0 saturated carbocycles. The maximum atomic E-state index is 7.73. The molecule has 0 N–H and O–H groups in total. The fourth-order valence-corrected chi connectivity index (χ4v) is 3.19. The third-order valence-electron chi connectivity index (χ3n) is 4.48. The van der Waals surface area contributed by atoms with E-state index in [4.69, 9.17) is 8.53 Å². The summed E-state index contributed by atoms with van der Waals surface area (Å²) < 4.78 is 31.2. The van der Waals surface area contributed by atoms with Crippen molar-refractivity contribution in [3.8, 4) is 0 Å². The van der Waals surface area contributed by atoms with Crippen LogP contribution in [0.5, 0.6) is 0 Å². The second-order valence-corrected chi connectivity index (χ2v) is 6.13. The summed E-state index contributed by atoms with van der Waals surface area (Å²) in [4.78, 5) is 2.12. The maximum absolute atomic E-state index is 7.73. The van der Waals surface area contributed by atoms with Crippen molar-refractivity contribution in [3.63, 3.8) is 0 Å². The number of furan rings is 1. The van der Waals surface area contributed by atoms with Crippen molar-refractivity contribution in [2.24, 2.45) is 7.05 Å². The summed E-state index contributed by atoms with van der Waals surface area (Å²) in [5.74, 6) is 3.82. The molecule has 2 aromatic heterocycles. The molecule has 0 bridgehead atoms. The van der Waals surface area contributed by atoms with Crippen molar-refractivity contribution in [3.05, 3.63) is 59.2 Å². The lowest BCUT2D eigenvalue weighted by molar-refractivity contribution is -0.658. The van der Waals surface area contributed by atoms with Crippen LogP contribution < -0.4 is 9.38 Å². The summed E-state index contributed by atoms with van der Waals surface area (Å²) in [5, 5.41) is 1.08. The van der Waals surface area contributed by atoms with Gasteiger partial charge in [-0.3, -0.25) is 4.81 Å². The molecule has 0 radical (unpaired) electrons. The summed E-state index contributed by atoms with van der Waals surface area (Å²) in [6.45, 7) is 1.90. The molecule has 0 aliphatic carbocycles. The molecule has 0 unspecified atom stereocenters. The van der Waals surface area contributed by atoms with Gasteiger partial charge in [-0.05, 0) is 37.8 Å². The Labute approximate surface area is 141 Å². The molecular formula is C19H20BN2O+. The first kappa shape index (κ1) is 11.1. The first-order valence-electron chi connectivity index (χ1n) is 9.27. The Hall–Kier alpha value is -2.49. The van der Waals surface area contributed by atoms with Crippen LogP contribution in [0.15, 0.2) is 46.9 Å². The van der Waals surface area contributed by atoms with E-state index in [9.17, 15) is 0 Å². The zero-order valence-electron chi connectivity index (χ0n) is 16.5. The lowest BCUT2D eigenvalue weighted by Crippen LogP contribution is -2.43. The van der Waals surface area contributed by atoms with Crippen LogP contribution in [0.2, 0.25) is 6.82 Å². The predicted molar refractivity (Wildman–Crippen MR) is 96.1 cm³/mol. The standard InChI is InChI=1S/C19H20BN2O/c1-13-11-18(21(4)12-14(13)2)22-19-16(9-10-20(22)3)15-7-5-6-8-17(15)23-19/h5-12H,1-4H3/q+1/i2D3. The monoisotopic (exact) mass is 306 g/mol. The molecule has 0 amide bonds. The Balaban J connectivity index is 1.92. The Morgan fingerprint density at radius 3 is 2.91 bits per heavy atom. The Kier molecular flexibility index (Phi) is 2.42. The summed E-state index contributed by atoms with van der Waals surface area (Å²) >= 11 is 0. The van der Waals surface area contributed by atoms with Crippen molar-refractivity contribution in [2.75, 3.05) is 4.81 Å². The van der Waals surface area contributed by atoms with Gasteiger partial charge >= 0.3 is 6.85 Å². The van der Waals surface area contributed by atoms with Crippen LogP contribution in [0.25, 0.3) is 17.0 Å². The molecule has 3 heterocycles. The number of hydrogen-bond acceptors (Lipinski definition) is 2. The van der Waals surface area contributed by atoms with Crippen molar-refractivity contribution in [1.82, 2.24) is 0 Å². The normalized spacial score (nSPS) is 16.2. The lowest BCUT2D eigenvalue weighted by atomic mass is 9.61. The van der Waals surface area contributed by atoms with Crippen LogP contribution in [-0.2, 0) is 7.05 Å². The number of fused-ring (bicyclic) bond motifs is 3. The second-order valence-electron chi connectivity index (χ2n) is 6.13. The van der Waals surface area contributed by atoms with Gasteiger partial charge in [0, 0.05) is 15.6 Å². The van der Waals surface area contributed by atoms with E-state index in [0.717, 1.165) is 33.8 Å². The third-order valence-corrected chi connectivity index (χ3v) is 4.48. The van der Waals surface area contributed by atoms with E-state index in [1.807, 2.05) is 42.8 Å². The van der Waals surface area contributed by atoms with Crippen molar-refractivity contribution >= 4 is 35.6 Å². The number of para-hydroxylation sites is 1. The third kappa shape index (κ3) is 2.09. The molecule has 1 aliphatic heterocycles. The van der Waals surface area contributed by atoms with Crippen molar-refractivity contribution in [1.29, 1.82) is 0 Å². The molecule has 0 saturated heterocycles. The fraction of sp³-hybridized carbons (Fsp3) is 0.211. The van der Waals surface area contributed by atoms with Gasteiger partial charge in [-0.2, -0.15) is 0 Å². The summed E-state index contributed by atoms with van der Waals surface area (Å²) in [7, 11) is 1.87. The number of nitrogens with zero attached hydrogens (tertiary/aromatic N) is 2. The molecule has 3 aromatic rings. The quantitative estimate of drug-likeness (QED) is 0.496. The van der Waals surface area contributed by atoms with Crippen LogP contribution in [0, 0.1) is 13.8 Å². The number of hydrogen-bond donors (Lipinski definition) is 0. The van der Waals surface area contributed by atoms with Crippen LogP contribution in [-0.4, -0.2) is 6.85 Å². The van der Waals surface area contributed by atoms with Gasteiger partial charge in [0.2, 0.25) is 0 Å². The number of anilines is 2. The first-order chi connectivity index (χ1) is 12.3. The van der Waals surface area contributed by atoms with Gasteiger partial charge in [0.15, 0.2) is 0 Å². The van der Waals surface area contributed by atoms with Crippen molar-refractivity contribution in [2.45, 2.75) is 20.6 Å². The highest BCUT2D eigenvalue weighted by Crippen LogP contribution is 2.39. The molecule has 0 fully saturated rings. The molecule has 4 heteroatoms. The van der Waals surface area contributed by atoms with Gasteiger partial charge in [0.25, 0.3) is 11.7 Å². The molecule has 1 aliphatic rings. The predicted octanol–water partition coefficient (Wildman–Crippen LogP) is 4.20. The van der Waals surface area contributed by atoms with Gasteiger partial charge in [0.1, 0.15) is 5.58 Å². The number of rotatable bonds is 1. The molecule has 114 valence electrons. The average molecular weight is 306 g/mol. The summed E-state index contributed by atoms with van der Waals surface area (Å²) in [6, 6.07) is 9.91. The molecule has 23 heavy (non-hydrogen) atoms. The molecule has 0 spiro atoms. The highest BCUT2D eigenvalue weighted by Gasteiger charge is 2.37. The van der Waals surface area contributed by atoms with Gasteiger partial charge in [-0.25, -0.2) is 4.57 Å². The van der Waals surface area contributed by atoms with E-state index in [0.29, 0.717) is 5.56 Å². The van der Waals surface area contributed by atoms with Gasteiger partial charge in [-0.15, -0.1) is 0 Å². The Morgan fingerprint density at radius 1 is 1.26 bits per heavy atom. The fourth-order valence-electron chi connectivity index (χ4n) is 3.19. The zero-order chi connectivity index (χ0) is 18.6. The molecule has 1 aromatic carbocycles. The average Bonchev–Trinajstić information content (AvgIpc) is 2.94. The van der Waals surface area contributed by atoms with Crippen LogP contribution >= 0.6 is 0 Å². The summed E-state index contributed by atoms with van der Waals surface area (Å²) in [6.07, 6.45) is 3.80. The van der Waals surface area contributed by atoms with Gasteiger partial charge in [0.05, 0.1) is 18.8 Å². The van der Waals surface area contributed by atoms with Gasteiger partial charge < -0.3 is 4.42 Å². The molecule has 0 atom stereocenters. The highest BCUT2D eigenvalue weighted by molar-refractivity contribution is 6.69. The van der Waals surface area contributed by atoms with E-state index in [1.165, 1.54) is 0 Å². The Morgan fingerprint density at radius 2 is 2.09 bits per heavy atom. The van der Waals surface area contributed by atoms with E-state index in [2.05, 4.69) is 29.8 Å². The second kappa shape index (κ2) is 5.02. The van der Waals surface area contributed by atoms with Crippen LogP contribution in [0.4, 0.5) is 11.7 Å². The minimum Gasteiger partial charge on any atom is -0.423 e. The number of aromatic nitrogens is 1. The minimum atomic E-state index is -2.13. The smallest absolute Gasteiger partial charge is 0.405 e. The number of pyridine rings is 1. The number of aryl methyl sites for hydroxylation is 3. The van der Waals surface area contributed by atoms with E-state index in [1.54, 1.807) is 6.20 Å². The minimum absolute atomic E-state index is 0.0901. The van der Waals surface area contributed by atoms with Gasteiger partial charge in [-0.1, -0.05) is 30.3 Å². The summed E-state index contributed by atoms with van der Waals surface area (Å²) in [5.41, 5.74) is 3.02. The number of benzene rings is 1. The first-order valence-corrected chi connectivity index (χ1v) is 7.77. The largest absolute Gasteiger partial charge is 0.423 e. The SMILES string of the molecule is [2H]C([2H])([2H])c1c[n+](C)c(N2B(C)C=Cc3c2oc2ccccc32)cc1C. The van der Waals surface area contributed by atoms with Crippen LogP contribution in [0.1, 0.15) is 20.8 Å². The Bertz CT molecular complexity index is 1040. The highest BCUT2D eigenvalue weighted by atomic mass is 16.4. The topological polar surface area (TPSA) is 20.3 Å². The molecular weight excluding hydrogens is 283 g/mol. The zero-order valence-corrected chi connectivity index (χ0v) is 13.5. The lowest BCUT2D eigenvalue weighted by Gasteiger charge is -2.22. The maximum Gasteiger partial charge on any atom is 0.405 e. The van der Waals surface area contributed by atoms with E-state index in [-0.39, 0.29) is 6.85 Å². The van der Waals surface area contributed by atoms with E-state index < -0.39 is 6.85 Å². The molecule has 3 nitrogen and oxygen atoms in total.